The number of hydrogen-bond acceptors (Lipinski definition) is 3. The van der Waals surface area contributed by atoms with Gasteiger partial charge < -0.3 is 5.32 Å². The van der Waals surface area contributed by atoms with Crippen molar-refractivity contribution < 1.29 is 9.00 Å². The lowest BCUT2D eigenvalue weighted by Crippen LogP contribution is -2.26. The number of fused-ring (bicyclic) bond motifs is 1. The number of aromatic nitrogens is 1. The second kappa shape index (κ2) is 9.67. The van der Waals surface area contributed by atoms with Crippen LogP contribution in [0.2, 0.25) is 0 Å². The second-order valence-electron chi connectivity index (χ2n) is 7.35. The third-order valence-electron chi connectivity index (χ3n) is 5.18. The van der Waals surface area contributed by atoms with E-state index in [1.54, 1.807) is 6.26 Å². The van der Waals surface area contributed by atoms with Crippen molar-refractivity contribution in [1.82, 2.24) is 10.3 Å². The van der Waals surface area contributed by atoms with E-state index in [1.165, 1.54) is 5.56 Å². The van der Waals surface area contributed by atoms with Crippen LogP contribution in [-0.4, -0.2) is 27.9 Å². The molecular weight excluding hydrogens is 404 g/mol. The van der Waals surface area contributed by atoms with Gasteiger partial charge in [-0.1, -0.05) is 78.9 Å². The molecule has 0 bridgehead atoms. The number of nitrogens with one attached hydrogen (secondary N) is 1. The molecular formula is C26H24N2O2S. The third kappa shape index (κ3) is 4.72. The molecule has 1 heterocycles. The Hall–Kier alpha value is -3.31. The first-order valence-corrected chi connectivity index (χ1v) is 11.8. The smallest absolute Gasteiger partial charge is 0.253 e. The molecule has 3 aromatic carbocycles. The van der Waals surface area contributed by atoms with Crippen LogP contribution in [0.15, 0.2) is 89.8 Å². The summed E-state index contributed by atoms with van der Waals surface area (Å²) in [7, 11) is -1.39. The van der Waals surface area contributed by atoms with Gasteiger partial charge in [0.05, 0.1) is 32.5 Å². The minimum atomic E-state index is -1.39. The van der Waals surface area contributed by atoms with E-state index in [4.69, 9.17) is 4.98 Å². The van der Waals surface area contributed by atoms with Gasteiger partial charge >= 0.3 is 0 Å². The molecule has 0 aliphatic heterocycles. The van der Waals surface area contributed by atoms with Crippen LogP contribution in [0.4, 0.5) is 0 Å². The highest BCUT2D eigenvalue weighted by atomic mass is 32.2. The maximum Gasteiger partial charge on any atom is 0.253 e. The Morgan fingerprint density at radius 3 is 2.26 bits per heavy atom. The van der Waals surface area contributed by atoms with E-state index in [2.05, 4.69) is 17.4 Å². The Kier molecular flexibility index (Phi) is 6.53. The number of rotatable bonds is 7. The minimum absolute atomic E-state index is 0.214. The van der Waals surface area contributed by atoms with Crippen molar-refractivity contribution in [2.75, 3.05) is 12.8 Å². The lowest BCUT2D eigenvalue weighted by atomic mass is 10.0. The first kappa shape index (κ1) is 20.9. The summed E-state index contributed by atoms with van der Waals surface area (Å²) >= 11 is 0. The van der Waals surface area contributed by atoms with Crippen molar-refractivity contribution in [2.45, 2.75) is 17.7 Å². The quantitative estimate of drug-likeness (QED) is 0.421. The van der Waals surface area contributed by atoms with Crippen LogP contribution in [0.5, 0.6) is 0 Å². The predicted octanol–water partition coefficient (Wildman–Crippen LogP) is 5.00. The number of hydrogen-bond donors (Lipinski definition) is 1. The Morgan fingerprint density at radius 1 is 0.903 bits per heavy atom. The van der Waals surface area contributed by atoms with Crippen LogP contribution in [0.25, 0.3) is 22.2 Å². The number of nitrogens with zero attached hydrogens (tertiary/aromatic N) is 1. The molecule has 1 unspecified atom stereocenters. The molecule has 4 aromatic rings. The molecule has 4 nitrogen and oxygen atoms in total. The monoisotopic (exact) mass is 428 g/mol. The maximum atomic E-state index is 13.3. The highest BCUT2D eigenvalue weighted by Crippen LogP contribution is 2.32. The summed E-state index contributed by atoms with van der Waals surface area (Å²) in [5.74, 6) is -0.214. The molecule has 0 radical (unpaired) electrons. The van der Waals surface area contributed by atoms with Gasteiger partial charge in [0, 0.05) is 23.8 Å². The number of pyridine rings is 1. The molecule has 156 valence electrons. The van der Waals surface area contributed by atoms with Gasteiger partial charge in [-0.2, -0.15) is 0 Å². The summed E-state index contributed by atoms with van der Waals surface area (Å²) in [6, 6.07) is 27.3. The van der Waals surface area contributed by atoms with Crippen LogP contribution >= 0.6 is 0 Å². The van der Waals surface area contributed by atoms with Crippen molar-refractivity contribution in [2.24, 2.45) is 0 Å². The number of aryl methyl sites for hydroxylation is 1. The summed E-state index contributed by atoms with van der Waals surface area (Å²) in [6.45, 7) is 0.542. The average Bonchev–Trinajstić information content (AvgIpc) is 2.81. The Bertz CT molecular complexity index is 1220. The van der Waals surface area contributed by atoms with Gasteiger partial charge in [0.15, 0.2) is 0 Å². The summed E-state index contributed by atoms with van der Waals surface area (Å²) < 4.78 is 12.8. The SMILES string of the molecule is CS(=O)c1c(-c2ccccc2)nc2ccccc2c1C(=O)NCCCc1ccccc1. The number of carbonyl (C=O) groups excluding carboxylic acids is 1. The van der Waals surface area contributed by atoms with E-state index in [9.17, 15) is 9.00 Å². The third-order valence-corrected chi connectivity index (χ3v) is 6.15. The lowest BCUT2D eigenvalue weighted by Gasteiger charge is -2.16. The van der Waals surface area contributed by atoms with Crippen molar-refractivity contribution in [3.05, 3.63) is 96.1 Å². The molecule has 31 heavy (non-hydrogen) atoms. The average molecular weight is 429 g/mol. The topological polar surface area (TPSA) is 59.1 Å². The van der Waals surface area contributed by atoms with E-state index in [0.717, 1.165) is 18.4 Å². The Morgan fingerprint density at radius 2 is 1.55 bits per heavy atom. The van der Waals surface area contributed by atoms with E-state index >= 15 is 0 Å². The van der Waals surface area contributed by atoms with Crippen LogP contribution < -0.4 is 5.32 Å². The first-order valence-electron chi connectivity index (χ1n) is 10.3. The maximum absolute atomic E-state index is 13.3. The highest BCUT2D eigenvalue weighted by molar-refractivity contribution is 7.84. The summed E-state index contributed by atoms with van der Waals surface area (Å²) in [6.07, 6.45) is 3.32. The van der Waals surface area contributed by atoms with Gasteiger partial charge in [-0.05, 0) is 24.5 Å². The van der Waals surface area contributed by atoms with Crippen LogP contribution in [0.3, 0.4) is 0 Å². The van der Waals surface area contributed by atoms with Crippen molar-refractivity contribution >= 4 is 27.6 Å². The summed E-state index contributed by atoms with van der Waals surface area (Å²) in [5, 5.41) is 3.75. The molecule has 1 N–H and O–H groups in total. The largest absolute Gasteiger partial charge is 0.352 e. The summed E-state index contributed by atoms with van der Waals surface area (Å²) in [4.78, 5) is 18.6. The van der Waals surface area contributed by atoms with Crippen LogP contribution in [-0.2, 0) is 17.2 Å². The molecule has 0 spiro atoms. The van der Waals surface area contributed by atoms with Gasteiger partial charge in [-0.25, -0.2) is 4.98 Å². The highest BCUT2D eigenvalue weighted by Gasteiger charge is 2.23. The second-order valence-corrected chi connectivity index (χ2v) is 8.66. The van der Waals surface area contributed by atoms with Gasteiger partial charge in [0.1, 0.15) is 0 Å². The van der Waals surface area contributed by atoms with Crippen LogP contribution in [0, 0.1) is 0 Å². The van der Waals surface area contributed by atoms with E-state index in [-0.39, 0.29) is 5.91 Å². The molecule has 0 aliphatic carbocycles. The predicted molar refractivity (Wildman–Crippen MR) is 127 cm³/mol. The molecule has 1 atom stereocenters. The zero-order chi connectivity index (χ0) is 21.6. The molecule has 1 aromatic heterocycles. The Balaban J connectivity index is 1.69. The number of benzene rings is 3. The van der Waals surface area contributed by atoms with Gasteiger partial charge in [-0.3, -0.25) is 9.00 Å². The zero-order valence-electron chi connectivity index (χ0n) is 17.4. The van der Waals surface area contributed by atoms with E-state index in [0.29, 0.717) is 33.6 Å². The first-order chi connectivity index (χ1) is 15.1. The number of para-hydroxylation sites is 1. The zero-order valence-corrected chi connectivity index (χ0v) is 18.2. The van der Waals surface area contributed by atoms with Gasteiger partial charge in [0.2, 0.25) is 0 Å². The number of amides is 1. The Labute approximate surface area is 184 Å². The molecule has 1 amide bonds. The van der Waals surface area contributed by atoms with Crippen molar-refractivity contribution in [3.8, 4) is 11.3 Å². The molecule has 0 aliphatic rings. The standard InChI is InChI=1S/C26H24N2O2S/c1-31(30)25-23(26(29)27-18-10-13-19-11-4-2-5-12-19)21-16-8-9-17-22(21)28-24(25)20-14-6-3-7-15-20/h2-9,11-12,14-17H,10,13,18H2,1H3,(H,27,29). The van der Waals surface area contributed by atoms with Crippen molar-refractivity contribution in [1.29, 1.82) is 0 Å². The number of carbonyl (C=O) groups is 1. The fraction of sp³-hybridized carbons (Fsp3) is 0.154. The van der Waals surface area contributed by atoms with E-state index in [1.807, 2.05) is 72.8 Å². The fourth-order valence-electron chi connectivity index (χ4n) is 3.72. The molecule has 0 saturated heterocycles. The molecule has 0 fully saturated rings. The summed E-state index contributed by atoms with van der Waals surface area (Å²) in [5.41, 5.74) is 3.84. The molecule has 5 heteroatoms. The fourth-order valence-corrected chi connectivity index (χ4v) is 4.64. The van der Waals surface area contributed by atoms with Gasteiger partial charge in [-0.15, -0.1) is 0 Å². The van der Waals surface area contributed by atoms with Crippen molar-refractivity contribution in [3.63, 3.8) is 0 Å². The normalized spacial score (nSPS) is 11.9. The molecule has 4 rings (SSSR count). The minimum Gasteiger partial charge on any atom is -0.352 e. The molecule has 0 saturated carbocycles. The lowest BCUT2D eigenvalue weighted by molar-refractivity contribution is 0.0952. The van der Waals surface area contributed by atoms with E-state index < -0.39 is 10.8 Å². The van der Waals surface area contributed by atoms with Gasteiger partial charge in [0.25, 0.3) is 5.91 Å². The van der Waals surface area contributed by atoms with Crippen LogP contribution in [0.1, 0.15) is 22.3 Å².